The van der Waals surface area contributed by atoms with Crippen LogP contribution in [0.25, 0.3) is 0 Å². The second-order valence-corrected chi connectivity index (χ2v) is 5.87. The van der Waals surface area contributed by atoms with Gasteiger partial charge in [-0.2, -0.15) is 0 Å². The number of hydrogen-bond donors (Lipinski definition) is 1. The van der Waals surface area contributed by atoms with Crippen LogP contribution in [0.3, 0.4) is 0 Å². The number of carboxylic acid groups (broad SMARTS) is 1. The topological polar surface area (TPSA) is 83.7 Å². The molecule has 114 valence electrons. The fourth-order valence-electron chi connectivity index (χ4n) is 2.34. The van der Waals surface area contributed by atoms with E-state index < -0.39 is 10.9 Å². The first kappa shape index (κ1) is 15.3. The number of hydrogen-bond acceptors (Lipinski definition) is 4. The number of carboxylic acids is 1. The van der Waals surface area contributed by atoms with Crippen LogP contribution in [0.2, 0.25) is 0 Å². The van der Waals surface area contributed by atoms with Crippen molar-refractivity contribution in [2.24, 2.45) is 5.92 Å². The van der Waals surface area contributed by atoms with Crippen molar-refractivity contribution in [2.45, 2.75) is 39.2 Å². The molecule has 21 heavy (non-hydrogen) atoms. The summed E-state index contributed by atoms with van der Waals surface area (Å²) in [6.45, 7) is 5.13. The van der Waals surface area contributed by atoms with Crippen molar-refractivity contribution in [1.82, 2.24) is 0 Å². The van der Waals surface area contributed by atoms with Gasteiger partial charge in [0.25, 0.3) is 5.69 Å². The standard InChI is InChI=1S/C15H20N2O4/c1-10(2)7-8-16(11-3-4-11)12-5-6-14(17(20)21)13(9-12)15(18)19/h5-6,9-11H,3-4,7-8H2,1-2H3,(H,18,19). The lowest BCUT2D eigenvalue weighted by molar-refractivity contribution is -0.385. The summed E-state index contributed by atoms with van der Waals surface area (Å²) in [4.78, 5) is 23.7. The average Bonchev–Trinajstić information content (AvgIpc) is 3.22. The van der Waals surface area contributed by atoms with Crippen LogP contribution in [0.1, 0.15) is 43.5 Å². The van der Waals surface area contributed by atoms with Crippen molar-refractivity contribution in [3.05, 3.63) is 33.9 Å². The van der Waals surface area contributed by atoms with E-state index in [-0.39, 0.29) is 11.3 Å². The van der Waals surface area contributed by atoms with Crippen LogP contribution in [0.4, 0.5) is 11.4 Å². The van der Waals surface area contributed by atoms with E-state index >= 15 is 0 Å². The van der Waals surface area contributed by atoms with Crippen LogP contribution < -0.4 is 4.90 Å². The summed E-state index contributed by atoms with van der Waals surface area (Å²) in [5.74, 6) is -0.702. The lowest BCUT2D eigenvalue weighted by atomic mass is 10.1. The molecule has 0 unspecified atom stereocenters. The van der Waals surface area contributed by atoms with E-state index in [9.17, 15) is 20.0 Å². The molecule has 6 nitrogen and oxygen atoms in total. The normalized spacial score (nSPS) is 14.2. The number of benzene rings is 1. The van der Waals surface area contributed by atoms with E-state index in [0.29, 0.717) is 12.0 Å². The molecule has 0 aliphatic heterocycles. The first-order valence-electron chi connectivity index (χ1n) is 7.18. The Kier molecular flexibility index (Phi) is 4.45. The number of nitro benzene ring substituents is 1. The highest BCUT2D eigenvalue weighted by atomic mass is 16.6. The molecule has 1 aromatic rings. The van der Waals surface area contributed by atoms with Gasteiger partial charge in [-0.25, -0.2) is 4.79 Å². The van der Waals surface area contributed by atoms with E-state index in [0.717, 1.165) is 31.5 Å². The number of nitro groups is 1. The average molecular weight is 292 g/mol. The molecule has 0 amide bonds. The van der Waals surface area contributed by atoms with Gasteiger partial charge < -0.3 is 10.0 Å². The first-order valence-corrected chi connectivity index (χ1v) is 7.18. The molecule has 2 rings (SSSR count). The molecule has 0 spiro atoms. The van der Waals surface area contributed by atoms with Gasteiger partial charge in [0, 0.05) is 24.3 Å². The summed E-state index contributed by atoms with van der Waals surface area (Å²) in [5, 5.41) is 20.1. The van der Waals surface area contributed by atoms with Gasteiger partial charge >= 0.3 is 5.97 Å². The highest BCUT2D eigenvalue weighted by Crippen LogP contribution is 2.34. The Labute approximate surface area is 123 Å². The second-order valence-electron chi connectivity index (χ2n) is 5.87. The van der Waals surface area contributed by atoms with Gasteiger partial charge in [0.2, 0.25) is 0 Å². The summed E-state index contributed by atoms with van der Waals surface area (Å²) in [6.07, 6.45) is 3.20. The molecular formula is C15H20N2O4. The Morgan fingerprint density at radius 3 is 2.62 bits per heavy atom. The predicted octanol–water partition coefficient (Wildman–Crippen LogP) is 3.31. The van der Waals surface area contributed by atoms with Gasteiger partial charge in [-0.05, 0) is 37.3 Å². The van der Waals surface area contributed by atoms with Crippen molar-refractivity contribution < 1.29 is 14.8 Å². The maximum absolute atomic E-state index is 11.2. The Hall–Kier alpha value is -2.11. The van der Waals surface area contributed by atoms with Gasteiger partial charge in [-0.1, -0.05) is 13.8 Å². The highest BCUT2D eigenvalue weighted by molar-refractivity contribution is 5.93. The van der Waals surface area contributed by atoms with E-state index in [1.807, 2.05) is 0 Å². The quantitative estimate of drug-likeness (QED) is 0.615. The summed E-state index contributed by atoms with van der Waals surface area (Å²) < 4.78 is 0. The molecule has 0 heterocycles. The van der Waals surface area contributed by atoms with Crippen LogP contribution in [0, 0.1) is 16.0 Å². The lowest BCUT2D eigenvalue weighted by Gasteiger charge is -2.25. The highest BCUT2D eigenvalue weighted by Gasteiger charge is 2.30. The van der Waals surface area contributed by atoms with Gasteiger partial charge in [0.05, 0.1) is 4.92 Å². The number of rotatable bonds is 7. The van der Waals surface area contributed by atoms with Gasteiger partial charge in [-0.15, -0.1) is 0 Å². The molecule has 1 N–H and O–H groups in total. The van der Waals surface area contributed by atoms with E-state index in [1.165, 1.54) is 12.1 Å². The molecule has 1 aliphatic carbocycles. The van der Waals surface area contributed by atoms with Crippen LogP contribution >= 0.6 is 0 Å². The van der Waals surface area contributed by atoms with E-state index in [2.05, 4.69) is 18.7 Å². The zero-order valence-electron chi connectivity index (χ0n) is 12.3. The molecule has 1 fully saturated rings. The molecule has 6 heteroatoms. The van der Waals surface area contributed by atoms with Gasteiger partial charge in [0.1, 0.15) is 5.56 Å². The molecule has 0 bridgehead atoms. The van der Waals surface area contributed by atoms with Crippen LogP contribution in [0.5, 0.6) is 0 Å². The summed E-state index contributed by atoms with van der Waals surface area (Å²) in [5.41, 5.74) is 0.166. The maximum Gasteiger partial charge on any atom is 0.342 e. The van der Waals surface area contributed by atoms with Crippen molar-refractivity contribution in [1.29, 1.82) is 0 Å². The lowest BCUT2D eigenvalue weighted by Crippen LogP contribution is -2.28. The van der Waals surface area contributed by atoms with Crippen molar-refractivity contribution in [2.75, 3.05) is 11.4 Å². The van der Waals surface area contributed by atoms with E-state index in [1.54, 1.807) is 6.07 Å². The van der Waals surface area contributed by atoms with Crippen LogP contribution in [0.15, 0.2) is 18.2 Å². The maximum atomic E-state index is 11.2. The summed E-state index contributed by atoms with van der Waals surface area (Å²) >= 11 is 0. The monoisotopic (exact) mass is 292 g/mol. The number of anilines is 1. The zero-order chi connectivity index (χ0) is 15.6. The fourth-order valence-corrected chi connectivity index (χ4v) is 2.34. The van der Waals surface area contributed by atoms with Gasteiger partial charge in [0.15, 0.2) is 0 Å². The third kappa shape index (κ3) is 3.71. The minimum absolute atomic E-state index is 0.243. The second kappa shape index (κ2) is 6.11. The smallest absolute Gasteiger partial charge is 0.342 e. The van der Waals surface area contributed by atoms with Crippen molar-refractivity contribution >= 4 is 17.3 Å². The molecule has 1 aliphatic rings. The Morgan fingerprint density at radius 2 is 2.14 bits per heavy atom. The van der Waals surface area contributed by atoms with Gasteiger partial charge in [-0.3, -0.25) is 10.1 Å². The molecule has 0 radical (unpaired) electrons. The third-order valence-electron chi connectivity index (χ3n) is 3.67. The van der Waals surface area contributed by atoms with Crippen LogP contribution in [-0.2, 0) is 0 Å². The first-order chi connectivity index (χ1) is 9.90. The third-order valence-corrected chi connectivity index (χ3v) is 3.67. The molecule has 1 saturated carbocycles. The molecule has 0 aromatic heterocycles. The number of aromatic carboxylic acids is 1. The fraction of sp³-hybridized carbons (Fsp3) is 0.533. The Balaban J connectivity index is 2.30. The van der Waals surface area contributed by atoms with Crippen molar-refractivity contribution in [3.8, 4) is 0 Å². The summed E-state index contributed by atoms with van der Waals surface area (Å²) in [7, 11) is 0. The van der Waals surface area contributed by atoms with Crippen molar-refractivity contribution in [3.63, 3.8) is 0 Å². The minimum Gasteiger partial charge on any atom is -0.477 e. The SMILES string of the molecule is CC(C)CCN(c1ccc([N+](=O)[O-])c(C(=O)O)c1)C1CC1. The molecular weight excluding hydrogens is 272 g/mol. The number of nitrogens with zero attached hydrogens (tertiary/aromatic N) is 2. The van der Waals surface area contributed by atoms with Crippen LogP contribution in [-0.4, -0.2) is 28.6 Å². The zero-order valence-corrected chi connectivity index (χ0v) is 12.3. The number of carbonyl (C=O) groups is 1. The van der Waals surface area contributed by atoms with E-state index in [4.69, 9.17) is 0 Å². The molecule has 0 saturated heterocycles. The predicted molar refractivity (Wildman–Crippen MR) is 79.9 cm³/mol. The summed E-state index contributed by atoms with van der Waals surface area (Å²) in [6, 6.07) is 4.82. The Bertz CT molecular complexity index is 553. The largest absolute Gasteiger partial charge is 0.477 e. The minimum atomic E-state index is -1.26. The molecule has 1 aromatic carbocycles. The Morgan fingerprint density at radius 1 is 1.48 bits per heavy atom. The molecule has 0 atom stereocenters.